The van der Waals surface area contributed by atoms with Crippen LogP contribution in [0.25, 0.3) is 0 Å². The number of carbonyl (C=O) groups excluding carboxylic acids is 3. The fourth-order valence-electron chi connectivity index (χ4n) is 4.06. The summed E-state index contributed by atoms with van der Waals surface area (Å²) < 4.78 is 5.67. The minimum absolute atomic E-state index is 0.0269. The van der Waals surface area contributed by atoms with Crippen molar-refractivity contribution in [1.29, 1.82) is 0 Å². The van der Waals surface area contributed by atoms with Gasteiger partial charge in [0, 0.05) is 26.4 Å². The van der Waals surface area contributed by atoms with Gasteiger partial charge in [0.2, 0.25) is 11.8 Å². The number of amides is 3. The Kier molecular flexibility index (Phi) is 14.5. The number of nitrogens with zero attached hydrogens (tertiary/aromatic N) is 1. The Morgan fingerprint density at radius 3 is 2.18 bits per heavy atom. The van der Waals surface area contributed by atoms with Gasteiger partial charge in [-0.25, -0.2) is 9.59 Å². The van der Waals surface area contributed by atoms with Crippen molar-refractivity contribution in [2.45, 2.75) is 70.6 Å². The molecule has 9 heteroatoms. The number of aliphatic carboxylic acids is 1. The number of nitrogens with one attached hydrogen (secondary N) is 2. The molecule has 1 rings (SSSR count). The van der Waals surface area contributed by atoms with Crippen LogP contribution in [0.2, 0.25) is 0 Å². The molecule has 1 aromatic carbocycles. The van der Waals surface area contributed by atoms with Crippen molar-refractivity contribution < 1.29 is 29.0 Å². The molecule has 210 valence electrons. The molecule has 0 saturated carbocycles. The number of rotatable bonds is 17. The van der Waals surface area contributed by atoms with Crippen molar-refractivity contribution in [2.24, 2.45) is 11.8 Å². The lowest BCUT2D eigenvalue weighted by Crippen LogP contribution is -2.53. The van der Waals surface area contributed by atoms with Crippen LogP contribution in [0.3, 0.4) is 0 Å². The average Bonchev–Trinajstić information content (AvgIpc) is 2.85. The molecule has 0 aromatic heterocycles. The predicted molar refractivity (Wildman–Crippen MR) is 147 cm³/mol. The monoisotopic (exact) mass is 529 g/mol. The molecule has 0 spiro atoms. The summed E-state index contributed by atoms with van der Waals surface area (Å²) in [6.45, 7) is 11.2. The zero-order chi connectivity index (χ0) is 28.7. The standard InChI is InChI=1S/C29H43N3O6/c1-7-9-16-23(18-21-14-11-10-12-15-21)38-29(37)31-24(17-20(3)4)26(33)30-25(28(35)36)19-22(13-8-2)27(34)32(5)6/h7-8,10-12,14-15,20,22-25H,1-2,9,13,16-19H2,3-6H3,(H,30,33)(H,31,37)(H,35,36). The summed E-state index contributed by atoms with van der Waals surface area (Å²) in [5, 5.41) is 14.9. The largest absolute Gasteiger partial charge is 0.480 e. The number of carbonyl (C=O) groups is 4. The van der Waals surface area contributed by atoms with Gasteiger partial charge < -0.3 is 25.4 Å². The molecular formula is C29H43N3O6. The van der Waals surface area contributed by atoms with E-state index in [0.29, 0.717) is 19.3 Å². The molecule has 0 heterocycles. The Bertz CT molecular complexity index is 932. The first-order valence-corrected chi connectivity index (χ1v) is 13.0. The number of alkyl carbamates (subject to hydrolysis) is 1. The average molecular weight is 530 g/mol. The normalized spacial score (nSPS) is 13.9. The van der Waals surface area contributed by atoms with Crippen LogP contribution in [0.1, 0.15) is 51.5 Å². The highest BCUT2D eigenvalue weighted by atomic mass is 16.6. The van der Waals surface area contributed by atoms with Gasteiger partial charge in [-0.2, -0.15) is 0 Å². The van der Waals surface area contributed by atoms with E-state index in [4.69, 9.17) is 4.74 Å². The first-order valence-electron chi connectivity index (χ1n) is 13.0. The van der Waals surface area contributed by atoms with E-state index >= 15 is 0 Å². The predicted octanol–water partition coefficient (Wildman–Crippen LogP) is 3.94. The third kappa shape index (κ3) is 12.1. The number of carboxylic acids is 1. The van der Waals surface area contributed by atoms with Gasteiger partial charge in [0.25, 0.3) is 0 Å². The number of ether oxygens (including phenoxy) is 1. The molecule has 9 nitrogen and oxygen atoms in total. The van der Waals surface area contributed by atoms with E-state index in [1.165, 1.54) is 4.90 Å². The highest BCUT2D eigenvalue weighted by molar-refractivity contribution is 5.89. The quantitative estimate of drug-likeness (QED) is 0.263. The number of carboxylic acid groups (broad SMARTS) is 1. The summed E-state index contributed by atoms with van der Waals surface area (Å²) in [6.07, 6.45) is 4.28. The van der Waals surface area contributed by atoms with Crippen LogP contribution >= 0.6 is 0 Å². The maximum atomic E-state index is 13.1. The third-order valence-electron chi connectivity index (χ3n) is 5.96. The molecule has 0 fully saturated rings. The third-order valence-corrected chi connectivity index (χ3v) is 5.96. The van der Waals surface area contributed by atoms with Crippen molar-refractivity contribution in [3.05, 3.63) is 61.2 Å². The molecule has 0 aliphatic carbocycles. The summed E-state index contributed by atoms with van der Waals surface area (Å²) in [5.41, 5.74) is 1.01. The fraction of sp³-hybridized carbons (Fsp3) is 0.517. The molecule has 4 unspecified atom stereocenters. The van der Waals surface area contributed by atoms with Crippen molar-refractivity contribution in [3.63, 3.8) is 0 Å². The Morgan fingerprint density at radius 1 is 1.00 bits per heavy atom. The second-order valence-electron chi connectivity index (χ2n) is 10.00. The molecule has 4 atom stereocenters. The molecule has 0 aliphatic rings. The van der Waals surface area contributed by atoms with Gasteiger partial charge in [0.05, 0.1) is 0 Å². The van der Waals surface area contributed by atoms with Crippen LogP contribution < -0.4 is 10.6 Å². The number of allylic oxidation sites excluding steroid dienone is 2. The maximum Gasteiger partial charge on any atom is 0.408 e. The van der Waals surface area contributed by atoms with Crippen LogP contribution in [0, 0.1) is 11.8 Å². The van der Waals surface area contributed by atoms with E-state index in [1.807, 2.05) is 44.2 Å². The van der Waals surface area contributed by atoms with E-state index in [2.05, 4.69) is 23.8 Å². The van der Waals surface area contributed by atoms with Crippen molar-refractivity contribution >= 4 is 23.9 Å². The van der Waals surface area contributed by atoms with Crippen LogP contribution in [-0.2, 0) is 25.5 Å². The first kappa shape index (κ1) is 32.4. The van der Waals surface area contributed by atoms with Gasteiger partial charge in [-0.15, -0.1) is 13.2 Å². The lowest BCUT2D eigenvalue weighted by atomic mass is 9.94. The fourth-order valence-corrected chi connectivity index (χ4v) is 4.06. The van der Waals surface area contributed by atoms with E-state index in [-0.39, 0.29) is 31.1 Å². The Labute approximate surface area is 226 Å². The van der Waals surface area contributed by atoms with E-state index in [0.717, 1.165) is 5.56 Å². The number of benzene rings is 1. The van der Waals surface area contributed by atoms with Crippen LogP contribution in [0.5, 0.6) is 0 Å². The molecule has 0 aliphatic heterocycles. The van der Waals surface area contributed by atoms with Crippen molar-refractivity contribution in [1.82, 2.24) is 15.5 Å². The van der Waals surface area contributed by atoms with Crippen LogP contribution in [0.15, 0.2) is 55.6 Å². The SMILES string of the molecule is C=CCCC(Cc1ccccc1)OC(=O)NC(CC(C)C)C(=O)NC(CC(CC=C)C(=O)N(C)C)C(=O)O. The summed E-state index contributed by atoms with van der Waals surface area (Å²) in [7, 11) is 3.17. The Hall–Kier alpha value is -3.62. The van der Waals surface area contributed by atoms with Gasteiger partial charge in [-0.3, -0.25) is 9.59 Å². The lowest BCUT2D eigenvalue weighted by Gasteiger charge is -2.26. The van der Waals surface area contributed by atoms with Crippen molar-refractivity contribution in [3.8, 4) is 0 Å². The molecule has 38 heavy (non-hydrogen) atoms. The second kappa shape index (κ2) is 17.0. The Morgan fingerprint density at radius 2 is 1.66 bits per heavy atom. The molecule has 0 radical (unpaired) electrons. The van der Waals surface area contributed by atoms with E-state index in [9.17, 15) is 24.3 Å². The van der Waals surface area contributed by atoms with Gasteiger partial charge in [0.1, 0.15) is 18.2 Å². The smallest absolute Gasteiger partial charge is 0.408 e. The van der Waals surface area contributed by atoms with Gasteiger partial charge in [-0.05, 0) is 43.6 Å². The summed E-state index contributed by atoms with van der Waals surface area (Å²) in [6, 6.07) is 7.30. The molecule has 0 saturated heterocycles. The van der Waals surface area contributed by atoms with E-state index < -0.39 is 42.1 Å². The molecule has 0 bridgehead atoms. The number of hydrogen-bond acceptors (Lipinski definition) is 5. The first-order chi connectivity index (χ1) is 18.0. The highest BCUT2D eigenvalue weighted by Gasteiger charge is 2.32. The molecule has 3 amide bonds. The maximum absolute atomic E-state index is 13.1. The summed E-state index contributed by atoms with van der Waals surface area (Å²) in [5.74, 6) is -2.80. The van der Waals surface area contributed by atoms with Crippen LogP contribution in [-0.4, -0.2) is 66.2 Å². The number of hydrogen-bond donors (Lipinski definition) is 3. The zero-order valence-corrected chi connectivity index (χ0v) is 23.0. The topological polar surface area (TPSA) is 125 Å². The minimum atomic E-state index is -1.32. The van der Waals surface area contributed by atoms with Gasteiger partial charge in [0.15, 0.2) is 0 Å². The van der Waals surface area contributed by atoms with E-state index in [1.54, 1.807) is 26.2 Å². The van der Waals surface area contributed by atoms with Crippen LogP contribution in [0.4, 0.5) is 4.79 Å². The van der Waals surface area contributed by atoms with Gasteiger partial charge >= 0.3 is 12.1 Å². The molecule has 3 N–H and O–H groups in total. The summed E-state index contributed by atoms with van der Waals surface area (Å²) in [4.78, 5) is 51.8. The highest BCUT2D eigenvalue weighted by Crippen LogP contribution is 2.17. The second-order valence-corrected chi connectivity index (χ2v) is 10.00. The minimum Gasteiger partial charge on any atom is -0.480 e. The van der Waals surface area contributed by atoms with Gasteiger partial charge in [-0.1, -0.05) is 56.3 Å². The zero-order valence-electron chi connectivity index (χ0n) is 23.0. The summed E-state index contributed by atoms with van der Waals surface area (Å²) >= 11 is 0. The molecular weight excluding hydrogens is 486 g/mol. The lowest BCUT2D eigenvalue weighted by molar-refractivity contribution is -0.143. The molecule has 1 aromatic rings. The Balaban J connectivity index is 2.97. The van der Waals surface area contributed by atoms with Crippen molar-refractivity contribution in [2.75, 3.05) is 14.1 Å².